The van der Waals surface area contributed by atoms with Gasteiger partial charge in [-0.3, -0.25) is 0 Å². The Morgan fingerprint density at radius 3 is 0.865 bits per heavy atom. The van der Waals surface area contributed by atoms with Crippen LogP contribution in [-0.4, -0.2) is 25.0 Å². The molecule has 0 saturated heterocycles. The minimum Gasteiger partial charge on any atom is -0.508 e. The molecule has 250 valence electrons. The van der Waals surface area contributed by atoms with Crippen LogP contribution in [0.1, 0.15) is 22.8 Å². The van der Waals surface area contributed by atoms with Crippen LogP contribution in [0.2, 0.25) is 0 Å². The van der Waals surface area contributed by atoms with Gasteiger partial charge in [-0.25, -0.2) is 9.97 Å². The predicted octanol–water partition coefficient (Wildman–Crippen LogP) is 13.3. The van der Waals surface area contributed by atoms with E-state index in [-0.39, 0.29) is 5.75 Å². The van der Waals surface area contributed by atoms with E-state index in [0.717, 1.165) is 103 Å². The second-order valence-corrected chi connectivity index (χ2v) is 15.3. The molecule has 8 bridgehead atoms. The van der Waals surface area contributed by atoms with Crippen LogP contribution in [0.5, 0.6) is 5.75 Å². The lowest BCUT2D eigenvalue weighted by atomic mass is 10.0. The van der Waals surface area contributed by atoms with E-state index in [9.17, 15) is 5.11 Å². The minimum absolute atomic E-state index is 0.206. The first-order valence-corrected chi connectivity index (χ1v) is 19.0. The van der Waals surface area contributed by atoms with E-state index in [1.54, 1.807) is 12.1 Å². The van der Waals surface area contributed by atoms with Gasteiger partial charge in [0.2, 0.25) is 0 Å². The van der Waals surface area contributed by atoms with Gasteiger partial charge >= 0.3 is 0 Å². The van der Waals surface area contributed by atoms with Crippen LogP contribution in [-0.2, 0) is 0 Å². The van der Waals surface area contributed by atoms with Crippen molar-refractivity contribution in [1.29, 1.82) is 0 Å². The van der Waals surface area contributed by atoms with Gasteiger partial charge in [0.15, 0.2) is 0 Å². The monoisotopic (exact) mass is 864 g/mol. The van der Waals surface area contributed by atoms with Gasteiger partial charge in [0.25, 0.3) is 0 Å². The SMILES string of the molecule is Oc1ccc(-c2c3nc(c(-c4ccc(Br)cc4)c4ccc([nH]4)c(-c4ccc(Br)cc4)c4nc(c(-c5ccc(Br)cc5)c5ccc2[nH]5)C=C4)C=C3)cc1. The first kappa shape index (κ1) is 32.6. The Kier molecular flexibility index (Phi) is 8.38. The highest BCUT2D eigenvalue weighted by molar-refractivity contribution is 9.11. The normalized spacial score (nSPS) is 12.1. The van der Waals surface area contributed by atoms with Gasteiger partial charge in [-0.1, -0.05) is 96.3 Å². The van der Waals surface area contributed by atoms with E-state index < -0.39 is 0 Å². The third kappa shape index (κ3) is 6.06. The highest BCUT2D eigenvalue weighted by Gasteiger charge is 2.19. The lowest BCUT2D eigenvalue weighted by Crippen LogP contribution is -1.89. The van der Waals surface area contributed by atoms with Crippen molar-refractivity contribution in [3.05, 3.63) is 158 Å². The molecule has 3 N–H and O–H groups in total. The fraction of sp³-hybridized carbons (Fsp3) is 0. The molecule has 0 fully saturated rings. The van der Waals surface area contributed by atoms with Crippen LogP contribution < -0.4 is 0 Å². The Balaban J connectivity index is 1.47. The van der Waals surface area contributed by atoms with E-state index in [0.29, 0.717) is 0 Å². The molecular weight excluding hydrogens is 840 g/mol. The Morgan fingerprint density at radius 1 is 0.346 bits per heavy atom. The van der Waals surface area contributed by atoms with E-state index in [1.807, 2.05) is 12.1 Å². The number of aromatic nitrogens is 4. The molecule has 3 aromatic heterocycles. The number of hydrogen-bond donors (Lipinski definition) is 3. The second-order valence-electron chi connectivity index (χ2n) is 12.6. The summed E-state index contributed by atoms with van der Waals surface area (Å²) in [7, 11) is 0. The van der Waals surface area contributed by atoms with E-state index in [1.165, 1.54) is 0 Å². The van der Waals surface area contributed by atoms with Crippen molar-refractivity contribution >= 4 is 94.2 Å². The number of H-pyrrole nitrogens is 2. The number of fused-ring (bicyclic) bond motifs is 8. The summed E-state index contributed by atoms with van der Waals surface area (Å²) in [5.41, 5.74) is 15.0. The number of nitrogens with one attached hydrogen (secondary N) is 2. The zero-order valence-corrected chi connectivity index (χ0v) is 32.1. The maximum absolute atomic E-state index is 10.2. The number of aromatic hydroxyl groups is 1. The van der Waals surface area contributed by atoms with Gasteiger partial charge in [0, 0.05) is 57.7 Å². The first-order valence-electron chi connectivity index (χ1n) is 16.6. The zero-order chi connectivity index (χ0) is 35.3. The largest absolute Gasteiger partial charge is 0.508 e. The van der Waals surface area contributed by atoms with Gasteiger partial charge in [-0.15, -0.1) is 0 Å². The molecule has 0 radical (unpaired) electrons. The summed E-state index contributed by atoms with van der Waals surface area (Å²) in [4.78, 5) is 18.2. The minimum atomic E-state index is 0.206. The van der Waals surface area contributed by atoms with Crippen molar-refractivity contribution < 1.29 is 5.11 Å². The molecule has 4 aromatic carbocycles. The van der Waals surface area contributed by atoms with Crippen molar-refractivity contribution in [1.82, 2.24) is 19.9 Å². The fourth-order valence-corrected chi connectivity index (χ4v) is 7.69. The molecule has 0 unspecified atom stereocenters. The Hall–Kier alpha value is -5.28. The third-order valence-corrected chi connectivity index (χ3v) is 10.9. The van der Waals surface area contributed by atoms with Gasteiger partial charge in [0.05, 0.1) is 22.8 Å². The van der Waals surface area contributed by atoms with Crippen LogP contribution in [0.15, 0.2) is 135 Å². The molecule has 7 aromatic rings. The summed E-state index contributed by atoms with van der Waals surface area (Å²) in [5, 5.41) is 10.2. The number of aromatic amines is 2. The highest BCUT2D eigenvalue weighted by Crippen LogP contribution is 2.39. The average molecular weight is 867 g/mol. The van der Waals surface area contributed by atoms with E-state index in [4.69, 9.17) is 9.97 Å². The Labute approximate surface area is 324 Å². The van der Waals surface area contributed by atoms with Crippen molar-refractivity contribution in [2.75, 3.05) is 0 Å². The molecule has 8 heteroatoms. The summed E-state index contributed by atoms with van der Waals surface area (Å²) < 4.78 is 3.01. The standard InChI is InChI=1S/C44H27Br3N4O/c45-29-9-1-25(2-10-29)41-33-17-19-35(48-33)42(26-3-11-30(46)12-4-26)37-21-23-39(50-37)44(28-7-15-32(52)16-8-28)40-24-22-38(51-40)43(36-20-18-34(41)49-36)27-5-13-31(47)14-6-27/h1-24,48,51-52H. The Bertz CT molecular complexity index is 2370. The van der Waals surface area contributed by atoms with Crippen LogP contribution in [0.3, 0.4) is 0 Å². The highest BCUT2D eigenvalue weighted by atomic mass is 79.9. The first-order chi connectivity index (χ1) is 25.4. The number of benzene rings is 4. The number of phenolic OH excluding ortho intramolecular Hbond substituents is 1. The molecule has 52 heavy (non-hydrogen) atoms. The molecule has 5 heterocycles. The van der Waals surface area contributed by atoms with E-state index in [2.05, 4.69) is 179 Å². The number of hydrogen-bond acceptors (Lipinski definition) is 3. The Morgan fingerprint density at radius 2 is 0.596 bits per heavy atom. The zero-order valence-electron chi connectivity index (χ0n) is 27.3. The summed E-state index contributed by atoms with van der Waals surface area (Å²) in [6, 6.07) is 40.8. The molecule has 2 aliphatic rings. The quantitative estimate of drug-likeness (QED) is 0.165. The van der Waals surface area contributed by atoms with Crippen molar-refractivity contribution in [2.24, 2.45) is 0 Å². The molecule has 2 aliphatic heterocycles. The van der Waals surface area contributed by atoms with Crippen LogP contribution >= 0.6 is 47.8 Å². The van der Waals surface area contributed by atoms with Crippen molar-refractivity contribution in [2.45, 2.75) is 0 Å². The maximum atomic E-state index is 10.2. The molecule has 5 nitrogen and oxygen atoms in total. The topological polar surface area (TPSA) is 77.6 Å². The smallest absolute Gasteiger partial charge is 0.115 e. The van der Waals surface area contributed by atoms with Crippen LogP contribution in [0, 0.1) is 0 Å². The number of nitrogens with zero attached hydrogens (tertiary/aromatic N) is 2. The van der Waals surface area contributed by atoms with Gasteiger partial charge in [-0.05, 0) is 119 Å². The number of phenols is 1. The molecule has 0 amide bonds. The van der Waals surface area contributed by atoms with Crippen molar-refractivity contribution in [3.63, 3.8) is 0 Å². The van der Waals surface area contributed by atoms with Gasteiger partial charge < -0.3 is 15.1 Å². The van der Waals surface area contributed by atoms with Gasteiger partial charge in [0.1, 0.15) is 5.75 Å². The summed E-state index contributed by atoms with van der Waals surface area (Å²) in [5.74, 6) is 0.206. The number of halogens is 3. The van der Waals surface area contributed by atoms with Crippen LogP contribution in [0.4, 0.5) is 0 Å². The number of rotatable bonds is 4. The lowest BCUT2D eigenvalue weighted by molar-refractivity contribution is 0.475. The van der Waals surface area contributed by atoms with E-state index >= 15 is 0 Å². The molecule has 0 atom stereocenters. The molecular formula is C44H27Br3N4O. The average Bonchev–Trinajstić information content (AvgIpc) is 3.99. The summed E-state index contributed by atoms with van der Waals surface area (Å²) >= 11 is 10.9. The molecule has 0 spiro atoms. The van der Waals surface area contributed by atoms with Crippen molar-refractivity contribution in [3.8, 4) is 50.3 Å². The molecule has 0 aliphatic carbocycles. The second kappa shape index (κ2) is 13.4. The third-order valence-electron chi connectivity index (χ3n) is 9.31. The fourth-order valence-electron chi connectivity index (χ4n) is 6.90. The van der Waals surface area contributed by atoms with Gasteiger partial charge in [-0.2, -0.15) is 0 Å². The summed E-state index contributed by atoms with van der Waals surface area (Å²) in [6.07, 6.45) is 8.36. The molecule has 9 rings (SSSR count). The lowest BCUT2D eigenvalue weighted by Gasteiger charge is -2.07. The predicted molar refractivity (Wildman–Crippen MR) is 225 cm³/mol. The summed E-state index contributed by atoms with van der Waals surface area (Å²) in [6.45, 7) is 0. The van der Waals surface area contributed by atoms with Crippen LogP contribution in [0.25, 0.3) is 90.9 Å². The maximum Gasteiger partial charge on any atom is 0.115 e. The molecule has 0 saturated carbocycles.